The second kappa shape index (κ2) is 10.1. The third-order valence-electron chi connectivity index (χ3n) is 6.26. The van der Waals surface area contributed by atoms with Crippen molar-refractivity contribution in [3.63, 3.8) is 0 Å². The third-order valence-corrected chi connectivity index (χ3v) is 6.51. The molecule has 9 nitrogen and oxygen atoms in total. The van der Waals surface area contributed by atoms with Gasteiger partial charge in [0.25, 0.3) is 0 Å². The summed E-state index contributed by atoms with van der Waals surface area (Å²) in [4.78, 5) is 41.9. The van der Waals surface area contributed by atoms with Crippen LogP contribution in [-0.2, 0) is 17.9 Å². The van der Waals surface area contributed by atoms with Crippen molar-refractivity contribution in [2.45, 2.75) is 52.3 Å². The molecule has 1 saturated carbocycles. The van der Waals surface area contributed by atoms with Crippen LogP contribution in [0.3, 0.4) is 0 Å². The SMILES string of the molecule is CCC(C)Oc1ccc(Nc2nc(=O)n(CC3(C(=O)O)CC3)c(=O)n2Cc2ccc(Cl)cc2)cc1F. The fraction of sp³-hybridized carbons (Fsp3) is 0.360. The molecule has 0 bridgehead atoms. The molecule has 2 N–H and O–H groups in total. The normalized spacial score (nSPS) is 14.8. The van der Waals surface area contributed by atoms with Gasteiger partial charge in [-0.3, -0.25) is 9.36 Å². The summed E-state index contributed by atoms with van der Waals surface area (Å²) in [5.74, 6) is -1.69. The molecular formula is C25H26ClFN4O5. The number of rotatable bonds is 10. The number of anilines is 2. The van der Waals surface area contributed by atoms with Gasteiger partial charge in [-0.25, -0.2) is 18.5 Å². The van der Waals surface area contributed by atoms with Gasteiger partial charge in [0.05, 0.1) is 18.1 Å². The Morgan fingerprint density at radius 2 is 1.92 bits per heavy atom. The molecule has 190 valence electrons. The second-order valence-corrected chi connectivity index (χ2v) is 9.43. The number of halogens is 2. The summed E-state index contributed by atoms with van der Waals surface area (Å²) in [6.07, 6.45) is 1.28. The maximum Gasteiger partial charge on any atom is 0.354 e. The van der Waals surface area contributed by atoms with Crippen LogP contribution in [0.4, 0.5) is 16.0 Å². The van der Waals surface area contributed by atoms with Crippen molar-refractivity contribution < 1.29 is 19.0 Å². The molecule has 0 amide bonds. The predicted molar refractivity (Wildman–Crippen MR) is 133 cm³/mol. The van der Waals surface area contributed by atoms with Gasteiger partial charge >= 0.3 is 17.3 Å². The monoisotopic (exact) mass is 516 g/mol. The van der Waals surface area contributed by atoms with E-state index in [0.29, 0.717) is 29.8 Å². The first kappa shape index (κ1) is 25.4. The van der Waals surface area contributed by atoms with Gasteiger partial charge in [0, 0.05) is 23.3 Å². The van der Waals surface area contributed by atoms with Crippen molar-refractivity contribution in [2.75, 3.05) is 5.32 Å². The van der Waals surface area contributed by atoms with Crippen molar-refractivity contribution in [3.05, 3.63) is 79.8 Å². The molecule has 0 spiro atoms. The molecule has 2 aromatic carbocycles. The minimum absolute atomic E-state index is 0.0172. The van der Waals surface area contributed by atoms with Crippen molar-refractivity contribution in [1.29, 1.82) is 0 Å². The van der Waals surface area contributed by atoms with Crippen LogP contribution in [0.25, 0.3) is 0 Å². The number of aromatic nitrogens is 3. The van der Waals surface area contributed by atoms with Gasteiger partial charge in [0.1, 0.15) is 0 Å². The zero-order chi connectivity index (χ0) is 26.0. The summed E-state index contributed by atoms with van der Waals surface area (Å²) in [6.45, 7) is 3.50. The predicted octanol–water partition coefficient (Wildman–Crippen LogP) is 4.03. The first-order valence-corrected chi connectivity index (χ1v) is 11.9. The first-order valence-electron chi connectivity index (χ1n) is 11.5. The van der Waals surface area contributed by atoms with Crippen LogP contribution in [0.15, 0.2) is 52.1 Å². The molecule has 1 heterocycles. The number of benzene rings is 2. The quantitative estimate of drug-likeness (QED) is 0.418. The lowest BCUT2D eigenvalue weighted by molar-refractivity contribution is -0.144. The van der Waals surface area contributed by atoms with E-state index in [1.165, 1.54) is 16.7 Å². The van der Waals surface area contributed by atoms with E-state index in [-0.39, 0.29) is 36.6 Å². The molecule has 4 rings (SSSR count). The number of nitrogens with zero attached hydrogens (tertiary/aromatic N) is 3. The minimum atomic E-state index is -1.15. The van der Waals surface area contributed by atoms with Gasteiger partial charge < -0.3 is 15.2 Å². The van der Waals surface area contributed by atoms with E-state index in [4.69, 9.17) is 16.3 Å². The summed E-state index contributed by atoms with van der Waals surface area (Å²) < 4.78 is 22.2. The number of hydrogen-bond donors (Lipinski definition) is 2. The summed E-state index contributed by atoms with van der Waals surface area (Å²) in [5.41, 5.74) is -1.81. The number of carboxylic acids is 1. The molecule has 11 heteroatoms. The van der Waals surface area contributed by atoms with E-state index in [1.807, 2.05) is 13.8 Å². The third kappa shape index (κ3) is 5.43. The molecular weight excluding hydrogens is 491 g/mol. The number of nitrogens with one attached hydrogen (secondary N) is 1. The van der Waals surface area contributed by atoms with Gasteiger partial charge in [0.15, 0.2) is 11.6 Å². The first-order chi connectivity index (χ1) is 17.1. The highest BCUT2D eigenvalue weighted by Crippen LogP contribution is 2.46. The summed E-state index contributed by atoms with van der Waals surface area (Å²) in [6, 6.07) is 10.9. The Bertz CT molecular complexity index is 1400. The molecule has 0 radical (unpaired) electrons. The zero-order valence-corrected chi connectivity index (χ0v) is 20.6. The molecule has 36 heavy (non-hydrogen) atoms. The molecule has 0 aliphatic heterocycles. The Balaban J connectivity index is 1.72. The van der Waals surface area contributed by atoms with Crippen LogP contribution in [0, 0.1) is 11.2 Å². The topological polar surface area (TPSA) is 115 Å². The van der Waals surface area contributed by atoms with Gasteiger partial charge in [-0.05, 0) is 56.0 Å². The molecule has 1 aliphatic carbocycles. The number of hydrogen-bond acceptors (Lipinski definition) is 6. The molecule has 1 fully saturated rings. The molecule has 3 aromatic rings. The Kier molecular flexibility index (Phi) is 7.16. The second-order valence-electron chi connectivity index (χ2n) is 8.99. The minimum Gasteiger partial charge on any atom is -0.488 e. The summed E-state index contributed by atoms with van der Waals surface area (Å²) >= 11 is 5.97. The van der Waals surface area contributed by atoms with Crippen molar-refractivity contribution in [3.8, 4) is 5.75 Å². The van der Waals surface area contributed by atoms with E-state index in [2.05, 4.69) is 10.3 Å². The molecule has 1 unspecified atom stereocenters. The van der Waals surface area contributed by atoms with Gasteiger partial charge in [-0.15, -0.1) is 0 Å². The van der Waals surface area contributed by atoms with E-state index < -0.39 is 28.6 Å². The number of ether oxygens (including phenoxy) is 1. The largest absolute Gasteiger partial charge is 0.488 e. The van der Waals surface area contributed by atoms with Crippen LogP contribution in [-0.4, -0.2) is 31.3 Å². The van der Waals surface area contributed by atoms with Crippen LogP contribution < -0.4 is 21.4 Å². The average molecular weight is 517 g/mol. The highest BCUT2D eigenvalue weighted by molar-refractivity contribution is 6.30. The van der Waals surface area contributed by atoms with E-state index in [1.54, 1.807) is 30.3 Å². The molecule has 1 aromatic heterocycles. The van der Waals surface area contributed by atoms with Gasteiger partial charge in [0.2, 0.25) is 5.95 Å². The Hall–Kier alpha value is -3.66. The van der Waals surface area contributed by atoms with Crippen molar-refractivity contribution in [2.24, 2.45) is 5.41 Å². The lowest BCUT2D eigenvalue weighted by Crippen LogP contribution is -2.45. The maximum atomic E-state index is 14.6. The Labute approximate surface area is 211 Å². The molecule has 1 aliphatic rings. The summed E-state index contributed by atoms with van der Waals surface area (Å²) in [7, 11) is 0. The van der Waals surface area contributed by atoms with Crippen molar-refractivity contribution >= 4 is 29.2 Å². The van der Waals surface area contributed by atoms with E-state index in [0.717, 1.165) is 4.57 Å². The molecule has 0 saturated heterocycles. The lowest BCUT2D eigenvalue weighted by Gasteiger charge is -2.18. The Morgan fingerprint density at radius 1 is 1.22 bits per heavy atom. The van der Waals surface area contributed by atoms with E-state index in [9.17, 15) is 23.9 Å². The van der Waals surface area contributed by atoms with E-state index >= 15 is 0 Å². The number of carbonyl (C=O) groups is 1. The fourth-order valence-electron chi connectivity index (χ4n) is 3.67. The van der Waals surface area contributed by atoms with Crippen molar-refractivity contribution in [1.82, 2.24) is 14.1 Å². The van der Waals surface area contributed by atoms with Crippen LogP contribution in [0.5, 0.6) is 5.75 Å². The van der Waals surface area contributed by atoms with Crippen LogP contribution in [0.1, 0.15) is 38.7 Å². The Morgan fingerprint density at radius 3 is 2.50 bits per heavy atom. The van der Waals surface area contributed by atoms with Crippen LogP contribution in [0.2, 0.25) is 5.02 Å². The smallest absolute Gasteiger partial charge is 0.354 e. The maximum absolute atomic E-state index is 14.6. The van der Waals surface area contributed by atoms with Crippen LogP contribution >= 0.6 is 11.6 Å². The highest BCUT2D eigenvalue weighted by atomic mass is 35.5. The standard InChI is InChI=1S/C25H26ClFN4O5/c1-3-15(2)36-20-9-8-18(12-19(20)27)28-22-29-23(34)31(14-25(10-11-25)21(32)33)24(35)30(22)13-16-4-6-17(26)7-5-16/h4-9,12,15H,3,10-11,13-14H2,1-2H3,(H,32,33)(H,28,29,34). The average Bonchev–Trinajstić information content (AvgIpc) is 3.63. The molecule has 1 atom stereocenters. The fourth-order valence-corrected chi connectivity index (χ4v) is 3.80. The van der Waals surface area contributed by atoms with Gasteiger partial charge in [-0.1, -0.05) is 30.7 Å². The highest BCUT2D eigenvalue weighted by Gasteiger charge is 2.51. The summed E-state index contributed by atoms with van der Waals surface area (Å²) in [5, 5.41) is 12.9. The zero-order valence-electron chi connectivity index (χ0n) is 19.8. The lowest BCUT2D eigenvalue weighted by atomic mass is 10.1. The van der Waals surface area contributed by atoms with Gasteiger partial charge in [-0.2, -0.15) is 4.98 Å². The number of aliphatic carboxylic acids is 1. The number of carboxylic acid groups (broad SMARTS) is 1.